The number of nitrogens with two attached hydrogens (primary N) is 1. The van der Waals surface area contributed by atoms with Gasteiger partial charge in [-0.1, -0.05) is 12.1 Å². The van der Waals surface area contributed by atoms with Crippen LogP contribution in [0.1, 0.15) is 35.7 Å². The molecule has 5 nitrogen and oxygen atoms in total. The number of nitrogen functional groups attached to an aromatic ring is 1. The molecule has 1 saturated heterocycles. The number of aromatic nitrogens is 1. The molecule has 6 heteroatoms. The third kappa shape index (κ3) is 5.25. The highest BCUT2D eigenvalue weighted by Crippen LogP contribution is 2.21. The van der Waals surface area contributed by atoms with E-state index in [9.17, 15) is 0 Å². The van der Waals surface area contributed by atoms with Gasteiger partial charge in [-0.05, 0) is 44.1 Å². The molecule has 0 amide bonds. The number of hydrogen-bond acceptors (Lipinski definition) is 6. The second-order valence-corrected chi connectivity index (χ2v) is 7.60. The number of nitrogens with zero attached hydrogens (tertiary/aromatic N) is 3. The first-order valence-corrected chi connectivity index (χ1v) is 9.78. The molecule has 1 unspecified atom stereocenters. The summed E-state index contributed by atoms with van der Waals surface area (Å²) >= 11 is 1.69. The molecule has 0 spiro atoms. The van der Waals surface area contributed by atoms with Crippen LogP contribution >= 0.6 is 11.3 Å². The lowest BCUT2D eigenvalue weighted by Gasteiger charge is -2.21. The van der Waals surface area contributed by atoms with E-state index in [1.54, 1.807) is 18.4 Å². The van der Waals surface area contributed by atoms with Gasteiger partial charge in [-0.2, -0.15) is 0 Å². The van der Waals surface area contributed by atoms with Crippen LogP contribution in [0, 0.1) is 0 Å². The zero-order valence-electron chi connectivity index (χ0n) is 15.1. The van der Waals surface area contributed by atoms with Crippen molar-refractivity contribution in [2.75, 3.05) is 39.0 Å². The first kappa shape index (κ1) is 18.3. The molecule has 1 aromatic carbocycles. The van der Waals surface area contributed by atoms with E-state index < -0.39 is 0 Å². The maximum atomic E-state index is 5.89. The molecule has 0 aliphatic carbocycles. The molecule has 25 heavy (non-hydrogen) atoms. The number of ether oxygens (including phenoxy) is 1. The molecule has 0 radical (unpaired) electrons. The molecule has 2 heterocycles. The average Bonchev–Trinajstić information content (AvgIpc) is 2.96. The van der Waals surface area contributed by atoms with Gasteiger partial charge >= 0.3 is 0 Å². The number of hydrogen-bond donors (Lipinski definition) is 1. The van der Waals surface area contributed by atoms with Crippen molar-refractivity contribution in [2.45, 2.75) is 32.5 Å². The molecule has 1 atom stereocenters. The van der Waals surface area contributed by atoms with E-state index in [1.807, 2.05) is 19.1 Å². The van der Waals surface area contributed by atoms with Gasteiger partial charge < -0.3 is 10.5 Å². The zero-order chi connectivity index (χ0) is 17.6. The van der Waals surface area contributed by atoms with E-state index in [4.69, 9.17) is 15.5 Å². The number of rotatable bonds is 6. The van der Waals surface area contributed by atoms with Gasteiger partial charge in [0.1, 0.15) is 11.1 Å². The summed E-state index contributed by atoms with van der Waals surface area (Å²) < 4.78 is 5.36. The Morgan fingerprint density at radius 1 is 1.20 bits per heavy atom. The van der Waals surface area contributed by atoms with Crippen molar-refractivity contribution in [2.24, 2.45) is 0 Å². The molecule has 1 fully saturated rings. The van der Waals surface area contributed by atoms with Crippen LogP contribution < -0.4 is 5.73 Å². The number of thiazole rings is 1. The molecule has 0 bridgehead atoms. The molecule has 2 N–H and O–H groups in total. The normalized spacial score (nSPS) is 18.2. The maximum absolute atomic E-state index is 5.89. The second-order valence-electron chi connectivity index (χ2n) is 6.71. The van der Waals surface area contributed by atoms with Gasteiger partial charge in [-0.25, -0.2) is 4.98 Å². The maximum Gasteiger partial charge on any atom is 0.122 e. The summed E-state index contributed by atoms with van der Waals surface area (Å²) in [6.45, 7) is 8.37. The third-order valence-corrected chi connectivity index (χ3v) is 5.75. The van der Waals surface area contributed by atoms with Gasteiger partial charge in [0.25, 0.3) is 0 Å². The molecule has 136 valence electrons. The molecule has 3 rings (SSSR count). The third-order valence-electron chi connectivity index (χ3n) is 4.69. The highest BCUT2D eigenvalue weighted by molar-refractivity contribution is 7.09. The van der Waals surface area contributed by atoms with Crippen molar-refractivity contribution in [3.63, 3.8) is 0 Å². The van der Waals surface area contributed by atoms with Gasteiger partial charge in [0.15, 0.2) is 0 Å². The monoisotopic (exact) mass is 360 g/mol. The van der Waals surface area contributed by atoms with Crippen molar-refractivity contribution >= 4 is 17.0 Å². The zero-order valence-corrected chi connectivity index (χ0v) is 16.0. The van der Waals surface area contributed by atoms with Gasteiger partial charge in [-0.15, -0.1) is 11.3 Å². The summed E-state index contributed by atoms with van der Waals surface area (Å²) in [5, 5.41) is 3.23. The van der Waals surface area contributed by atoms with Crippen LogP contribution in [-0.4, -0.2) is 48.1 Å². The Labute approximate surface area is 154 Å². The average molecular weight is 361 g/mol. The summed E-state index contributed by atoms with van der Waals surface area (Å²) in [5.41, 5.74) is 9.20. The SMILES string of the molecule is COC(C)c1nc(CN2CCCN(Cc3cccc(N)c3)CC2)cs1. The molecule has 1 aliphatic rings. The largest absolute Gasteiger partial charge is 0.399 e. The Kier molecular flexibility index (Phi) is 6.42. The van der Waals surface area contributed by atoms with Crippen molar-refractivity contribution in [3.05, 3.63) is 45.9 Å². The van der Waals surface area contributed by atoms with Crippen LogP contribution in [-0.2, 0) is 17.8 Å². The van der Waals surface area contributed by atoms with Crippen LogP contribution in [0.15, 0.2) is 29.6 Å². The molecule has 2 aromatic rings. The topological polar surface area (TPSA) is 54.6 Å². The van der Waals surface area contributed by atoms with Gasteiger partial charge in [-0.3, -0.25) is 9.80 Å². The van der Waals surface area contributed by atoms with Crippen molar-refractivity contribution in [1.29, 1.82) is 0 Å². The summed E-state index contributed by atoms with van der Waals surface area (Å²) in [6.07, 6.45) is 1.27. The molecular weight excluding hydrogens is 332 g/mol. The van der Waals surface area contributed by atoms with Crippen LogP contribution in [0.5, 0.6) is 0 Å². The Morgan fingerprint density at radius 3 is 2.68 bits per heavy atom. The van der Waals surface area contributed by atoms with Crippen LogP contribution in [0.25, 0.3) is 0 Å². The van der Waals surface area contributed by atoms with E-state index in [1.165, 1.54) is 12.0 Å². The number of anilines is 1. The van der Waals surface area contributed by atoms with Gasteiger partial charge in [0, 0.05) is 44.4 Å². The van der Waals surface area contributed by atoms with Gasteiger partial charge in [0.05, 0.1) is 5.69 Å². The molecule has 1 aromatic heterocycles. The molecular formula is C19H28N4OS. The van der Waals surface area contributed by atoms with Crippen LogP contribution in [0.4, 0.5) is 5.69 Å². The number of benzene rings is 1. The fraction of sp³-hybridized carbons (Fsp3) is 0.526. The molecule has 1 aliphatic heterocycles. The minimum absolute atomic E-state index is 0.0803. The Bertz CT molecular complexity index is 675. The van der Waals surface area contributed by atoms with E-state index in [0.29, 0.717) is 0 Å². The van der Waals surface area contributed by atoms with E-state index >= 15 is 0 Å². The minimum Gasteiger partial charge on any atom is -0.399 e. The first-order chi connectivity index (χ1) is 12.1. The fourth-order valence-electron chi connectivity index (χ4n) is 3.20. The van der Waals surface area contributed by atoms with Gasteiger partial charge in [0.2, 0.25) is 0 Å². The Balaban J connectivity index is 1.52. The van der Waals surface area contributed by atoms with E-state index in [-0.39, 0.29) is 6.10 Å². The highest BCUT2D eigenvalue weighted by Gasteiger charge is 2.17. The van der Waals surface area contributed by atoms with E-state index in [2.05, 4.69) is 27.3 Å². The Morgan fingerprint density at radius 2 is 1.96 bits per heavy atom. The fourth-order valence-corrected chi connectivity index (χ4v) is 4.04. The second kappa shape index (κ2) is 8.76. The predicted molar refractivity (Wildman–Crippen MR) is 104 cm³/mol. The minimum atomic E-state index is 0.0803. The van der Waals surface area contributed by atoms with Crippen molar-refractivity contribution < 1.29 is 4.74 Å². The lowest BCUT2D eigenvalue weighted by atomic mass is 10.2. The first-order valence-electron chi connectivity index (χ1n) is 8.90. The van der Waals surface area contributed by atoms with Crippen LogP contribution in [0.3, 0.4) is 0 Å². The lowest BCUT2D eigenvalue weighted by molar-refractivity contribution is 0.119. The standard InChI is InChI=1S/C19H28N4OS/c1-15(24-2)19-21-18(14-25-19)13-23-8-4-7-22(9-10-23)12-16-5-3-6-17(20)11-16/h3,5-6,11,14-15H,4,7-10,12-13,20H2,1-2H3. The summed E-state index contributed by atoms with van der Waals surface area (Å²) in [4.78, 5) is 9.76. The van der Waals surface area contributed by atoms with E-state index in [0.717, 1.165) is 55.7 Å². The van der Waals surface area contributed by atoms with Crippen molar-refractivity contribution in [1.82, 2.24) is 14.8 Å². The number of methoxy groups -OCH3 is 1. The predicted octanol–water partition coefficient (Wildman–Crippen LogP) is 3.14. The Hall–Kier alpha value is -1.47. The molecule has 0 saturated carbocycles. The summed E-state index contributed by atoms with van der Waals surface area (Å²) in [6, 6.07) is 8.22. The van der Waals surface area contributed by atoms with Crippen LogP contribution in [0.2, 0.25) is 0 Å². The highest BCUT2D eigenvalue weighted by atomic mass is 32.1. The van der Waals surface area contributed by atoms with Crippen molar-refractivity contribution in [3.8, 4) is 0 Å². The lowest BCUT2D eigenvalue weighted by Crippen LogP contribution is -2.30. The quantitative estimate of drug-likeness (QED) is 0.802. The summed E-state index contributed by atoms with van der Waals surface area (Å²) in [5.74, 6) is 0. The summed E-state index contributed by atoms with van der Waals surface area (Å²) in [7, 11) is 1.73. The smallest absolute Gasteiger partial charge is 0.122 e.